The Morgan fingerprint density at radius 2 is 2.04 bits per heavy atom. The maximum absolute atomic E-state index is 13.2. The van der Waals surface area contributed by atoms with E-state index < -0.39 is 5.82 Å². The number of thioether (sulfide) groups is 1. The molecule has 1 fully saturated rings. The second-order valence-corrected chi connectivity index (χ2v) is 7.52. The first-order chi connectivity index (χ1) is 13.1. The molecular weight excluding hydrogens is 365 g/mol. The molecule has 0 aromatic heterocycles. The van der Waals surface area contributed by atoms with Crippen molar-refractivity contribution in [1.82, 2.24) is 10.6 Å². The van der Waals surface area contributed by atoms with Crippen molar-refractivity contribution in [1.29, 1.82) is 0 Å². The zero-order valence-corrected chi connectivity index (χ0v) is 15.7. The molecule has 0 saturated carbocycles. The third kappa shape index (κ3) is 6.08. The van der Waals surface area contributed by atoms with Crippen molar-refractivity contribution < 1.29 is 14.0 Å². The van der Waals surface area contributed by atoms with Crippen molar-refractivity contribution >= 4 is 29.3 Å². The van der Waals surface area contributed by atoms with Gasteiger partial charge in [-0.2, -0.15) is 11.8 Å². The van der Waals surface area contributed by atoms with Gasteiger partial charge in [-0.3, -0.25) is 9.59 Å². The number of rotatable bonds is 6. The van der Waals surface area contributed by atoms with E-state index in [0.29, 0.717) is 18.7 Å². The molecule has 3 rings (SSSR count). The Morgan fingerprint density at radius 1 is 1.19 bits per heavy atom. The molecule has 0 aliphatic carbocycles. The number of nitrogens with one attached hydrogen (secondary N) is 3. The summed E-state index contributed by atoms with van der Waals surface area (Å²) < 4.78 is 13.2. The van der Waals surface area contributed by atoms with Crippen LogP contribution in [0.15, 0.2) is 48.5 Å². The average molecular weight is 387 g/mol. The number of halogens is 1. The highest BCUT2D eigenvalue weighted by Crippen LogP contribution is 2.14. The van der Waals surface area contributed by atoms with E-state index >= 15 is 0 Å². The molecule has 1 aliphatic heterocycles. The lowest BCUT2D eigenvalue weighted by molar-refractivity contribution is -0.121. The van der Waals surface area contributed by atoms with Gasteiger partial charge in [0.2, 0.25) is 5.91 Å². The standard InChI is InChI=1S/C20H22FN3O2S/c21-16-5-2-4-15(10-16)20(26)24-17-6-1-3-14(9-17)12-23-19(25)11-18-13-27-8-7-22-18/h1-6,9-10,18,22H,7-8,11-13H2,(H,23,25)(H,24,26). The summed E-state index contributed by atoms with van der Waals surface area (Å²) >= 11 is 1.86. The summed E-state index contributed by atoms with van der Waals surface area (Å²) in [5, 5.41) is 9.01. The normalized spacial score (nSPS) is 16.6. The molecule has 1 heterocycles. The Labute approximate surface area is 162 Å². The Morgan fingerprint density at radius 3 is 2.81 bits per heavy atom. The molecule has 2 aromatic rings. The van der Waals surface area contributed by atoms with Crippen LogP contribution in [-0.4, -0.2) is 35.9 Å². The van der Waals surface area contributed by atoms with Gasteiger partial charge in [0.25, 0.3) is 5.91 Å². The first-order valence-corrected chi connectivity index (χ1v) is 9.99. The first-order valence-electron chi connectivity index (χ1n) is 8.84. The van der Waals surface area contributed by atoms with Gasteiger partial charge >= 0.3 is 0 Å². The minimum atomic E-state index is -0.454. The predicted octanol–water partition coefficient (Wildman–Crippen LogP) is 2.79. The van der Waals surface area contributed by atoms with Gasteiger partial charge in [-0.1, -0.05) is 18.2 Å². The van der Waals surface area contributed by atoms with E-state index in [1.165, 1.54) is 18.2 Å². The van der Waals surface area contributed by atoms with Crippen LogP contribution in [0.25, 0.3) is 0 Å². The molecule has 2 amide bonds. The number of amides is 2. The molecule has 27 heavy (non-hydrogen) atoms. The number of anilines is 1. The summed E-state index contributed by atoms with van der Waals surface area (Å²) in [6, 6.07) is 13.0. The lowest BCUT2D eigenvalue weighted by Crippen LogP contribution is -2.41. The summed E-state index contributed by atoms with van der Waals surface area (Å²) in [4.78, 5) is 24.3. The quantitative estimate of drug-likeness (QED) is 0.713. The fraction of sp³-hybridized carbons (Fsp3) is 0.300. The molecule has 0 bridgehead atoms. The van der Waals surface area contributed by atoms with E-state index in [9.17, 15) is 14.0 Å². The van der Waals surface area contributed by atoms with E-state index in [1.54, 1.807) is 18.2 Å². The van der Waals surface area contributed by atoms with Crippen LogP contribution in [-0.2, 0) is 11.3 Å². The van der Waals surface area contributed by atoms with Crippen LogP contribution in [0.3, 0.4) is 0 Å². The summed E-state index contributed by atoms with van der Waals surface area (Å²) in [5.41, 5.74) is 1.74. The van der Waals surface area contributed by atoms with Crippen LogP contribution in [0.4, 0.5) is 10.1 Å². The maximum Gasteiger partial charge on any atom is 0.255 e. The number of carbonyl (C=O) groups is 2. The number of hydrogen-bond donors (Lipinski definition) is 3. The van der Waals surface area contributed by atoms with E-state index in [1.807, 2.05) is 23.9 Å². The molecule has 1 unspecified atom stereocenters. The molecular formula is C20H22FN3O2S. The largest absolute Gasteiger partial charge is 0.352 e. The van der Waals surface area contributed by atoms with Gasteiger partial charge in [-0.05, 0) is 35.9 Å². The zero-order chi connectivity index (χ0) is 19.1. The summed E-state index contributed by atoms with van der Waals surface area (Å²) in [7, 11) is 0. The monoisotopic (exact) mass is 387 g/mol. The van der Waals surface area contributed by atoms with Crippen molar-refractivity contribution in [3.8, 4) is 0 Å². The van der Waals surface area contributed by atoms with Crippen LogP contribution in [0, 0.1) is 5.82 Å². The van der Waals surface area contributed by atoms with Gasteiger partial charge in [0.05, 0.1) is 0 Å². The van der Waals surface area contributed by atoms with E-state index in [4.69, 9.17) is 0 Å². The van der Waals surface area contributed by atoms with Crippen LogP contribution in [0.5, 0.6) is 0 Å². The van der Waals surface area contributed by atoms with Crippen LogP contribution < -0.4 is 16.0 Å². The summed E-state index contributed by atoms with van der Waals surface area (Å²) in [6.45, 7) is 1.33. The van der Waals surface area contributed by atoms with E-state index in [-0.39, 0.29) is 23.4 Å². The first kappa shape index (κ1) is 19.4. The van der Waals surface area contributed by atoms with Crippen molar-refractivity contribution in [2.45, 2.75) is 19.0 Å². The SMILES string of the molecule is O=C(CC1CSCCN1)NCc1cccc(NC(=O)c2cccc(F)c2)c1. The zero-order valence-electron chi connectivity index (χ0n) is 14.8. The highest BCUT2D eigenvalue weighted by Gasteiger charge is 2.16. The van der Waals surface area contributed by atoms with Gasteiger partial charge in [0, 0.05) is 48.3 Å². The molecule has 1 aliphatic rings. The summed E-state index contributed by atoms with van der Waals surface area (Å²) in [6.07, 6.45) is 0.461. The van der Waals surface area contributed by atoms with Crippen molar-refractivity contribution in [2.24, 2.45) is 0 Å². The molecule has 0 radical (unpaired) electrons. The number of hydrogen-bond acceptors (Lipinski definition) is 4. The number of carbonyl (C=O) groups excluding carboxylic acids is 2. The maximum atomic E-state index is 13.2. The van der Waals surface area contributed by atoms with Crippen molar-refractivity contribution in [2.75, 3.05) is 23.4 Å². The lowest BCUT2D eigenvalue weighted by atomic mass is 10.1. The van der Waals surface area contributed by atoms with Gasteiger partial charge in [0.1, 0.15) is 5.82 Å². The van der Waals surface area contributed by atoms with Crippen LogP contribution >= 0.6 is 11.8 Å². The van der Waals surface area contributed by atoms with Crippen molar-refractivity contribution in [3.05, 3.63) is 65.5 Å². The molecule has 5 nitrogen and oxygen atoms in total. The third-order valence-corrected chi connectivity index (χ3v) is 5.32. The average Bonchev–Trinajstić information content (AvgIpc) is 2.67. The fourth-order valence-electron chi connectivity index (χ4n) is 2.84. The fourth-order valence-corrected chi connectivity index (χ4v) is 3.79. The second kappa shape index (κ2) is 9.53. The minimum Gasteiger partial charge on any atom is -0.352 e. The second-order valence-electron chi connectivity index (χ2n) is 6.37. The third-order valence-electron chi connectivity index (χ3n) is 4.19. The molecule has 1 atom stereocenters. The Balaban J connectivity index is 1.52. The molecule has 1 saturated heterocycles. The predicted molar refractivity (Wildman–Crippen MR) is 106 cm³/mol. The summed E-state index contributed by atoms with van der Waals surface area (Å²) in [5.74, 6) is 1.21. The van der Waals surface area contributed by atoms with Crippen LogP contribution in [0.1, 0.15) is 22.3 Å². The highest BCUT2D eigenvalue weighted by molar-refractivity contribution is 7.99. The Bertz CT molecular complexity index is 809. The smallest absolute Gasteiger partial charge is 0.255 e. The minimum absolute atomic E-state index is 0.00389. The molecule has 2 aromatic carbocycles. The molecule has 7 heteroatoms. The van der Waals surface area contributed by atoms with Gasteiger partial charge in [-0.15, -0.1) is 0 Å². The Kier molecular flexibility index (Phi) is 6.84. The molecule has 0 spiro atoms. The molecule has 3 N–H and O–H groups in total. The number of benzene rings is 2. The van der Waals surface area contributed by atoms with Gasteiger partial charge < -0.3 is 16.0 Å². The van der Waals surface area contributed by atoms with Crippen LogP contribution in [0.2, 0.25) is 0 Å². The van der Waals surface area contributed by atoms with Crippen molar-refractivity contribution in [3.63, 3.8) is 0 Å². The van der Waals surface area contributed by atoms with Gasteiger partial charge in [-0.25, -0.2) is 4.39 Å². The topological polar surface area (TPSA) is 70.2 Å². The van der Waals surface area contributed by atoms with E-state index in [0.717, 1.165) is 23.6 Å². The molecule has 142 valence electrons. The van der Waals surface area contributed by atoms with Gasteiger partial charge in [0.15, 0.2) is 0 Å². The Hall–Kier alpha value is -2.38. The lowest BCUT2D eigenvalue weighted by Gasteiger charge is -2.22. The van der Waals surface area contributed by atoms with E-state index in [2.05, 4.69) is 16.0 Å². The highest BCUT2D eigenvalue weighted by atomic mass is 32.2.